The fourth-order valence-corrected chi connectivity index (χ4v) is 3.27. The Morgan fingerprint density at radius 2 is 1.56 bits per heavy atom. The summed E-state index contributed by atoms with van der Waals surface area (Å²) in [5.74, 6) is 0.838. The van der Waals surface area contributed by atoms with Gasteiger partial charge in [-0.2, -0.15) is 5.26 Å². The van der Waals surface area contributed by atoms with Crippen LogP contribution in [-0.4, -0.2) is 27.2 Å². The highest BCUT2D eigenvalue weighted by molar-refractivity contribution is 5.92. The van der Waals surface area contributed by atoms with Gasteiger partial charge in [0.2, 0.25) is 11.7 Å². The van der Waals surface area contributed by atoms with Crippen LogP contribution in [0.25, 0.3) is 17.2 Å². The molecule has 3 aromatic carbocycles. The Labute approximate surface area is 187 Å². The van der Waals surface area contributed by atoms with Gasteiger partial charge in [0.05, 0.1) is 27.4 Å². The number of carbonyl (C=O) groups is 1. The molecule has 6 heteroatoms. The zero-order valence-corrected chi connectivity index (χ0v) is 18.2. The van der Waals surface area contributed by atoms with Crippen LogP contribution in [0.2, 0.25) is 0 Å². The van der Waals surface area contributed by atoms with Crippen LogP contribution in [0.5, 0.6) is 17.2 Å². The Hall–Kier alpha value is -4.24. The molecule has 6 nitrogen and oxygen atoms in total. The minimum atomic E-state index is -0.892. The highest BCUT2D eigenvalue weighted by Crippen LogP contribution is 2.39. The van der Waals surface area contributed by atoms with Gasteiger partial charge in [-0.1, -0.05) is 48.5 Å². The van der Waals surface area contributed by atoms with Crippen molar-refractivity contribution in [3.8, 4) is 34.4 Å². The summed E-state index contributed by atoms with van der Waals surface area (Å²) in [4.78, 5) is 12.5. The van der Waals surface area contributed by atoms with Gasteiger partial charge in [-0.3, -0.25) is 4.79 Å². The SMILES string of the molecule is COc1cc(C(C#N)NC(=O)/C=C/c2cccc(-c3ccccc3)c2)cc(OC)c1OC. The van der Waals surface area contributed by atoms with Gasteiger partial charge in [-0.25, -0.2) is 0 Å². The molecule has 32 heavy (non-hydrogen) atoms. The van der Waals surface area contributed by atoms with E-state index in [0.717, 1.165) is 16.7 Å². The first-order valence-electron chi connectivity index (χ1n) is 9.93. The molecule has 0 heterocycles. The predicted octanol–water partition coefficient (Wildman–Crippen LogP) is 4.77. The lowest BCUT2D eigenvalue weighted by Gasteiger charge is -2.17. The number of carbonyl (C=O) groups excluding carboxylic acids is 1. The number of nitrogens with one attached hydrogen (secondary N) is 1. The van der Waals surface area contributed by atoms with Crippen molar-refractivity contribution >= 4 is 12.0 Å². The average Bonchev–Trinajstić information content (AvgIpc) is 2.85. The molecule has 0 saturated carbocycles. The summed E-state index contributed by atoms with van der Waals surface area (Å²) in [5.41, 5.74) is 3.55. The van der Waals surface area contributed by atoms with Gasteiger partial charge in [0, 0.05) is 6.08 Å². The van der Waals surface area contributed by atoms with Gasteiger partial charge >= 0.3 is 0 Å². The lowest BCUT2D eigenvalue weighted by atomic mass is 10.0. The quantitative estimate of drug-likeness (QED) is 0.523. The number of benzene rings is 3. The molecule has 0 saturated heterocycles. The van der Waals surface area contributed by atoms with E-state index in [-0.39, 0.29) is 0 Å². The normalized spacial score (nSPS) is 11.4. The molecule has 1 atom stereocenters. The highest BCUT2D eigenvalue weighted by Gasteiger charge is 2.19. The van der Waals surface area contributed by atoms with Crippen LogP contribution in [0.3, 0.4) is 0 Å². The number of rotatable bonds is 8. The van der Waals surface area contributed by atoms with Crippen LogP contribution in [0.4, 0.5) is 0 Å². The molecule has 3 aromatic rings. The summed E-state index contributed by atoms with van der Waals surface area (Å²) in [6.45, 7) is 0. The topological polar surface area (TPSA) is 80.6 Å². The summed E-state index contributed by atoms with van der Waals surface area (Å²) >= 11 is 0. The molecule has 0 fully saturated rings. The van der Waals surface area contributed by atoms with Crippen molar-refractivity contribution in [2.24, 2.45) is 0 Å². The van der Waals surface area contributed by atoms with Gasteiger partial charge < -0.3 is 19.5 Å². The third kappa shape index (κ3) is 5.27. The highest BCUT2D eigenvalue weighted by atomic mass is 16.5. The Bertz CT molecular complexity index is 1120. The standard InChI is InChI=1S/C26H24N2O4/c1-30-23-15-21(16-24(31-2)26(23)32-3)22(17-27)28-25(29)13-12-18-8-7-11-20(14-18)19-9-5-4-6-10-19/h4-16,22H,1-3H3,(H,28,29)/b13-12+. The fraction of sp³-hybridized carbons (Fsp3) is 0.154. The van der Waals surface area contributed by atoms with E-state index in [0.29, 0.717) is 22.8 Å². The van der Waals surface area contributed by atoms with E-state index in [1.807, 2.05) is 54.6 Å². The Kier molecular flexibility index (Phi) is 7.50. The smallest absolute Gasteiger partial charge is 0.245 e. The van der Waals surface area contributed by atoms with Gasteiger partial charge in [-0.15, -0.1) is 0 Å². The average molecular weight is 428 g/mol. The van der Waals surface area contributed by atoms with Crippen LogP contribution in [0.1, 0.15) is 17.2 Å². The van der Waals surface area contributed by atoms with Gasteiger partial charge in [0.1, 0.15) is 6.04 Å². The van der Waals surface area contributed by atoms with Crippen molar-refractivity contribution in [1.29, 1.82) is 5.26 Å². The molecular weight excluding hydrogens is 404 g/mol. The molecule has 0 aromatic heterocycles. The second-order valence-electron chi connectivity index (χ2n) is 6.85. The van der Waals surface area contributed by atoms with Crippen molar-refractivity contribution in [2.75, 3.05) is 21.3 Å². The number of ether oxygens (including phenoxy) is 3. The number of hydrogen-bond donors (Lipinski definition) is 1. The Morgan fingerprint density at radius 3 is 2.16 bits per heavy atom. The second kappa shape index (κ2) is 10.7. The lowest BCUT2D eigenvalue weighted by Crippen LogP contribution is -2.25. The van der Waals surface area contributed by atoms with E-state index < -0.39 is 11.9 Å². The molecule has 1 amide bonds. The minimum Gasteiger partial charge on any atom is -0.493 e. The van der Waals surface area contributed by atoms with E-state index in [9.17, 15) is 10.1 Å². The van der Waals surface area contributed by atoms with Gasteiger partial charge in [0.15, 0.2) is 11.5 Å². The first-order valence-corrected chi connectivity index (χ1v) is 9.93. The molecule has 0 bridgehead atoms. The summed E-state index contributed by atoms with van der Waals surface area (Å²) in [6, 6.07) is 22.4. The summed E-state index contributed by atoms with van der Waals surface area (Å²) in [7, 11) is 4.49. The number of methoxy groups -OCH3 is 3. The van der Waals surface area contributed by atoms with E-state index in [1.54, 1.807) is 18.2 Å². The Morgan fingerprint density at radius 1 is 0.906 bits per heavy atom. The van der Waals surface area contributed by atoms with Crippen LogP contribution in [-0.2, 0) is 4.79 Å². The number of nitrogens with zero attached hydrogens (tertiary/aromatic N) is 1. The second-order valence-corrected chi connectivity index (χ2v) is 6.85. The maximum absolute atomic E-state index is 12.5. The zero-order chi connectivity index (χ0) is 22.9. The van der Waals surface area contributed by atoms with E-state index in [2.05, 4.69) is 11.4 Å². The molecule has 3 rings (SSSR count). The molecule has 0 aliphatic rings. The van der Waals surface area contributed by atoms with Crippen molar-refractivity contribution < 1.29 is 19.0 Å². The van der Waals surface area contributed by atoms with E-state index in [4.69, 9.17) is 14.2 Å². The van der Waals surface area contributed by atoms with Crippen molar-refractivity contribution in [3.63, 3.8) is 0 Å². The van der Waals surface area contributed by atoms with Gasteiger partial charge in [0.25, 0.3) is 0 Å². The largest absolute Gasteiger partial charge is 0.493 e. The number of amides is 1. The minimum absolute atomic E-state index is 0.393. The fourth-order valence-electron chi connectivity index (χ4n) is 3.27. The molecule has 162 valence electrons. The molecule has 1 N–H and O–H groups in total. The van der Waals surface area contributed by atoms with E-state index in [1.165, 1.54) is 27.4 Å². The van der Waals surface area contributed by atoms with Gasteiger partial charge in [-0.05, 0) is 46.5 Å². The lowest BCUT2D eigenvalue weighted by molar-refractivity contribution is -0.116. The van der Waals surface area contributed by atoms with Crippen LogP contribution < -0.4 is 19.5 Å². The third-order valence-corrected chi connectivity index (χ3v) is 4.86. The molecule has 0 radical (unpaired) electrons. The monoisotopic (exact) mass is 428 g/mol. The van der Waals surface area contributed by atoms with Crippen LogP contribution in [0, 0.1) is 11.3 Å². The van der Waals surface area contributed by atoms with Crippen molar-refractivity contribution in [3.05, 3.63) is 83.9 Å². The zero-order valence-electron chi connectivity index (χ0n) is 18.2. The molecular formula is C26H24N2O4. The van der Waals surface area contributed by atoms with Crippen LogP contribution >= 0.6 is 0 Å². The molecule has 0 spiro atoms. The van der Waals surface area contributed by atoms with Crippen molar-refractivity contribution in [1.82, 2.24) is 5.32 Å². The summed E-state index contributed by atoms with van der Waals surface area (Å²) in [5, 5.41) is 12.3. The molecule has 0 aliphatic heterocycles. The number of hydrogen-bond acceptors (Lipinski definition) is 5. The third-order valence-electron chi connectivity index (χ3n) is 4.86. The maximum Gasteiger partial charge on any atom is 0.245 e. The molecule has 0 aliphatic carbocycles. The summed E-state index contributed by atoms with van der Waals surface area (Å²) in [6.07, 6.45) is 3.12. The van der Waals surface area contributed by atoms with Crippen LogP contribution in [0.15, 0.2) is 72.8 Å². The predicted molar refractivity (Wildman–Crippen MR) is 124 cm³/mol. The Balaban J connectivity index is 1.77. The summed E-state index contributed by atoms with van der Waals surface area (Å²) < 4.78 is 16.0. The van der Waals surface area contributed by atoms with E-state index >= 15 is 0 Å². The molecule has 1 unspecified atom stereocenters. The first kappa shape index (κ1) is 22.4. The number of nitriles is 1. The maximum atomic E-state index is 12.5. The van der Waals surface area contributed by atoms with Crippen molar-refractivity contribution in [2.45, 2.75) is 6.04 Å². The first-order chi connectivity index (χ1) is 15.6.